The fourth-order valence-electron chi connectivity index (χ4n) is 4.10. The number of rotatable bonds is 5. The molecule has 1 unspecified atom stereocenters. The molecule has 4 heterocycles. The predicted molar refractivity (Wildman–Crippen MR) is 125 cm³/mol. The third-order valence-electron chi connectivity index (χ3n) is 5.88. The third kappa shape index (κ3) is 4.07. The summed E-state index contributed by atoms with van der Waals surface area (Å²) < 4.78 is 8.13. The van der Waals surface area contributed by atoms with Crippen LogP contribution in [0.25, 0.3) is 11.0 Å². The highest BCUT2D eigenvalue weighted by Crippen LogP contribution is 2.38. The van der Waals surface area contributed by atoms with Crippen LogP contribution in [0, 0.1) is 6.92 Å². The molecule has 3 aromatic heterocycles. The lowest BCUT2D eigenvalue weighted by Crippen LogP contribution is -2.42. The number of carbonyl (C=O) groups excluding carboxylic acids is 1. The quantitative estimate of drug-likeness (QED) is 0.594. The lowest BCUT2D eigenvalue weighted by molar-refractivity contribution is 0.0567. The zero-order valence-corrected chi connectivity index (χ0v) is 19.7. The molecule has 1 amide bonds. The Morgan fingerprint density at radius 3 is 2.69 bits per heavy atom. The maximum absolute atomic E-state index is 13.1. The van der Waals surface area contributed by atoms with Crippen molar-refractivity contribution in [3.05, 3.63) is 61.7 Å². The Hall–Kier alpha value is -2.64. The summed E-state index contributed by atoms with van der Waals surface area (Å²) >= 11 is 12.1. The average Bonchev–Trinajstić information content (AvgIpc) is 2.73. The van der Waals surface area contributed by atoms with Gasteiger partial charge in [-0.15, -0.1) is 0 Å². The number of amides is 1. The fraction of sp³-hybridized carbons (Fsp3) is 0.391. The molecule has 32 heavy (non-hydrogen) atoms. The molecule has 0 aliphatic carbocycles. The maximum atomic E-state index is 13.1. The molecule has 1 aliphatic rings. The Morgan fingerprint density at radius 1 is 1.28 bits per heavy atom. The summed E-state index contributed by atoms with van der Waals surface area (Å²) in [6, 6.07) is 3.88. The van der Waals surface area contributed by atoms with Crippen LogP contribution in [0.2, 0.25) is 10.0 Å². The van der Waals surface area contributed by atoms with Crippen molar-refractivity contribution >= 4 is 40.1 Å². The van der Waals surface area contributed by atoms with Crippen LogP contribution >= 0.6 is 23.2 Å². The van der Waals surface area contributed by atoms with E-state index < -0.39 is 5.60 Å². The fourth-order valence-corrected chi connectivity index (χ4v) is 4.63. The second-order valence-corrected chi connectivity index (χ2v) is 9.03. The van der Waals surface area contributed by atoms with Crippen molar-refractivity contribution in [3.8, 4) is 5.75 Å². The van der Waals surface area contributed by atoms with E-state index >= 15 is 0 Å². The molecule has 168 valence electrons. The molecule has 0 spiro atoms. The molecule has 0 saturated heterocycles. The van der Waals surface area contributed by atoms with Crippen LogP contribution in [0.15, 0.2) is 29.3 Å². The third-order valence-corrected chi connectivity index (χ3v) is 6.45. The molecule has 0 saturated carbocycles. The number of fused-ring (bicyclic) bond motifs is 3. The van der Waals surface area contributed by atoms with Crippen LogP contribution in [0.4, 0.5) is 0 Å². The topological polar surface area (TPSA) is 86.1 Å². The number of halogens is 2. The van der Waals surface area contributed by atoms with Crippen molar-refractivity contribution in [1.82, 2.24) is 19.9 Å². The minimum atomic E-state index is -0.547. The molecular weight excluding hydrogens is 451 g/mol. The molecule has 0 aromatic carbocycles. The van der Waals surface area contributed by atoms with Gasteiger partial charge in [0.15, 0.2) is 0 Å². The van der Waals surface area contributed by atoms with Gasteiger partial charge in [0.2, 0.25) is 0 Å². The zero-order chi connectivity index (χ0) is 23.0. The first-order valence-corrected chi connectivity index (χ1v) is 11.3. The molecule has 0 fully saturated rings. The van der Waals surface area contributed by atoms with E-state index in [-0.39, 0.29) is 27.1 Å². The lowest BCUT2D eigenvalue weighted by atomic mass is 9.89. The Bertz CT molecular complexity index is 1250. The van der Waals surface area contributed by atoms with E-state index in [1.165, 1.54) is 12.4 Å². The Morgan fingerprint density at radius 2 is 2.00 bits per heavy atom. The highest BCUT2D eigenvalue weighted by molar-refractivity contribution is 6.39. The van der Waals surface area contributed by atoms with Gasteiger partial charge in [-0.3, -0.25) is 19.1 Å². The number of nitrogens with zero attached hydrogens (tertiary/aromatic N) is 3. The van der Waals surface area contributed by atoms with Gasteiger partial charge >= 0.3 is 0 Å². The first kappa shape index (κ1) is 22.6. The van der Waals surface area contributed by atoms with Crippen molar-refractivity contribution in [2.45, 2.75) is 52.2 Å². The van der Waals surface area contributed by atoms with Crippen molar-refractivity contribution in [2.24, 2.45) is 0 Å². The summed E-state index contributed by atoms with van der Waals surface area (Å²) in [5, 5.41) is 4.09. The molecule has 0 radical (unpaired) electrons. The zero-order valence-electron chi connectivity index (χ0n) is 18.2. The second-order valence-electron chi connectivity index (χ2n) is 8.22. The summed E-state index contributed by atoms with van der Waals surface area (Å²) in [6.45, 7) is 6.74. The van der Waals surface area contributed by atoms with Crippen molar-refractivity contribution in [1.29, 1.82) is 0 Å². The van der Waals surface area contributed by atoms with Gasteiger partial charge in [-0.1, -0.05) is 23.2 Å². The van der Waals surface area contributed by atoms with Crippen molar-refractivity contribution in [2.75, 3.05) is 6.54 Å². The maximum Gasteiger partial charge on any atom is 0.259 e. The predicted octanol–water partition coefficient (Wildman–Crippen LogP) is 4.33. The number of carbonyl (C=O) groups is 1. The van der Waals surface area contributed by atoms with Crippen molar-refractivity contribution in [3.63, 3.8) is 0 Å². The number of aromatic nitrogens is 3. The van der Waals surface area contributed by atoms with E-state index in [4.69, 9.17) is 27.9 Å². The molecule has 1 aliphatic heterocycles. The summed E-state index contributed by atoms with van der Waals surface area (Å²) in [6.07, 6.45) is 4.58. The minimum absolute atomic E-state index is 0.0505. The number of hydrogen-bond acceptors (Lipinski definition) is 5. The van der Waals surface area contributed by atoms with Gasteiger partial charge in [-0.2, -0.15) is 0 Å². The number of pyridine rings is 3. The Labute approximate surface area is 195 Å². The molecule has 1 atom stereocenters. The van der Waals surface area contributed by atoms with Gasteiger partial charge in [0.25, 0.3) is 11.5 Å². The summed E-state index contributed by atoms with van der Waals surface area (Å²) in [5.41, 5.74) is 1.77. The highest BCUT2D eigenvalue weighted by atomic mass is 35.5. The van der Waals surface area contributed by atoms with E-state index in [0.29, 0.717) is 49.3 Å². The summed E-state index contributed by atoms with van der Waals surface area (Å²) in [5.74, 6) is 0.237. The minimum Gasteiger partial charge on any atom is -0.486 e. The van der Waals surface area contributed by atoms with Gasteiger partial charge in [0.05, 0.1) is 26.6 Å². The van der Waals surface area contributed by atoms with E-state index in [1.54, 1.807) is 4.57 Å². The number of nitrogens with one attached hydrogen (secondary N) is 1. The van der Waals surface area contributed by atoms with Crippen LogP contribution in [-0.4, -0.2) is 32.6 Å². The molecule has 3 aromatic rings. The van der Waals surface area contributed by atoms with E-state index in [9.17, 15) is 9.59 Å². The SMILES string of the molecule is CCn1c(=O)c2c(c3ccc(C)nc31)OC(C)(CCNC(=O)c1c(Cl)cncc1Cl)CC2. The smallest absolute Gasteiger partial charge is 0.259 e. The molecule has 0 bridgehead atoms. The number of ether oxygens (including phenoxy) is 1. The van der Waals surface area contributed by atoms with Gasteiger partial charge in [-0.25, -0.2) is 4.98 Å². The van der Waals surface area contributed by atoms with Crippen LogP contribution < -0.4 is 15.6 Å². The van der Waals surface area contributed by atoms with Crippen LogP contribution in [0.1, 0.15) is 48.3 Å². The van der Waals surface area contributed by atoms with Gasteiger partial charge in [0, 0.05) is 37.6 Å². The molecular formula is C23H24Cl2N4O3. The lowest BCUT2D eigenvalue weighted by Gasteiger charge is -2.36. The molecule has 7 nitrogen and oxygen atoms in total. The number of hydrogen-bond donors (Lipinski definition) is 1. The first-order valence-electron chi connectivity index (χ1n) is 10.5. The molecule has 9 heteroatoms. The van der Waals surface area contributed by atoms with Gasteiger partial charge in [0.1, 0.15) is 17.0 Å². The normalized spacial score (nSPS) is 17.7. The largest absolute Gasteiger partial charge is 0.486 e. The Kier molecular flexibility index (Phi) is 6.14. The average molecular weight is 475 g/mol. The van der Waals surface area contributed by atoms with Crippen LogP contribution in [0.3, 0.4) is 0 Å². The van der Waals surface area contributed by atoms with Gasteiger partial charge < -0.3 is 10.1 Å². The van der Waals surface area contributed by atoms with E-state index in [1.807, 2.05) is 32.9 Å². The van der Waals surface area contributed by atoms with E-state index in [2.05, 4.69) is 15.3 Å². The monoisotopic (exact) mass is 474 g/mol. The van der Waals surface area contributed by atoms with Gasteiger partial charge in [-0.05, 0) is 45.7 Å². The summed E-state index contributed by atoms with van der Waals surface area (Å²) in [4.78, 5) is 34.1. The van der Waals surface area contributed by atoms with Crippen LogP contribution in [0.5, 0.6) is 5.75 Å². The standard InChI is InChI=1S/C23H24Cl2N4O3/c1-4-29-20-14(6-5-13(2)28-20)19-15(22(29)31)7-8-23(3,32-19)9-10-27-21(30)18-16(24)11-26-12-17(18)25/h5-6,11-12H,4,7-10H2,1-3H3,(H,27,30). The number of aryl methyl sites for hydroxylation is 2. The highest BCUT2D eigenvalue weighted by Gasteiger charge is 2.35. The molecule has 1 N–H and O–H groups in total. The Balaban J connectivity index is 1.56. The summed E-state index contributed by atoms with van der Waals surface area (Å²) in [7, 11) is 0. The van der Waals surface area contributed by atoms with E-state index in [0.717, 1.165) is 11.1 Å². The molecule has 4 rings (SSSR count). The first-order chi connectivity index (χ1) is 15.2. The van der Waals surface area contributed by atoms with Crippen molar-refractivity contribution < 1.29 is 9.53 Å². The van der Waals surface area contributed by atoms with Crippen LogP contribution in [-0.2, 0) is 13.0 Å². The second kappa shape index (κ2) is 8.71.